The maximum Gasteiger partial charge on any atom is 0.318 e. The zero-order chi connectivity index (χ0) is 13.0. The number of hydrogen-bond acceptors (Lipinski definition) is 3. The number of nitrogens with zero attached hydrogens (tertiary/aromatic N) is 3. The summed E-state index contributed by atoms with van der Waals surface area (Å²) >= 11 is 0. The van der Waals surface area contributed by atoms with Crippen LogP contribution in [0.4, 0.5) is 4.79 Å². The molecule has 0 saturated carbocycles. The van der Waals surface area contributed by atoms with E-state index < -0.39 is 0 Å². The standard InChI is InChI=1S/C12H20N4O2/c1-10(8-15-5-3-4-13-15)14-12(17)16-6-7-18-9-11(16)2/h3-5,10-11H,6-9H2,1-2H3,(H,14,17)/t10-,11-/m1/s1. The van der Waals surface area contributed by atoms with Gasteiger partial charge in [0, 0.05) is 25.0 Å². The summed E-state index contributed by atoms with van der Waals surface area (Å²) in [4.78, 5) is 13.9. The van der Waals surface area contributed by atoms with Crippen LogP contribution in [0.2, 0.25) is 0 Å². The molecule has 6 heteroatoms. The predicted octanol–water partition coefficient (Wildman–Crippen LogP) is 0.702. The Morgan fingerprint density at radius 3 is 3.17 bits per heavy atom. The molecule has 1 saturated heterocycles. The fourth-order valence-electron chi connectivity index (χ4n) is 2.06. The van der Waals surface area contributed by atoms with Crippen molar-refractivity contribution in [3.8, 4) is 0 Å². The van der Waals surface area contributed by atoms with Gasteiger partial charge in [-0.1, -0.05) is 0 Å². The third-order valence-corrected chi connectivity index (χ3v) is 3.02. The number of hydrogen-bond donors (Lipinski definition) is 1. The second kappa shape index (κ2) is 5.86. The Morgan fingerprint density at radius 2 is 2.50 bits per heavy atom. The van der Waals surface area contributed by atoms with E-state index in [0.717, 1.165) is 0 Å². The zero-order valence-electron chi connectivity index (χ0n) is 10.9. The quantitative estimate of drug-likeness (QED) is 0.861. The van der Waals surface area contributed by atoms with Gasteiger partial charge in [-0.25, -0.2) is 4.79 Å². The maximum absolute atomic E-state index is 12.1. The number of nitrogens with one attached hydrogen (secondary N) is 1. The van der Waals surface area contributed by atoms with Crippen LogP contribution in [0.3, 0.4) is 0 Å². The second-order valence-corrected chi connectivity index (χ2v) is 4.70. The molecule has 0 radical (unpaired) electrons. The Morgan fingerprint density at radius 1 is 1.67 bits per heavy atom. The van der Waals surface area contributed by atoms with Gasteiger partial charge in [-0.3, -0.25) is 4.68 Å². The van der Waals surface area contributed by atoms with Crippen LogP contribution in [0.1, 0.15) is 13.8 Å². The molecular formula is C12H20N4O2. The van der Waals surface area contributed by atoms with E-state index in [2.05, 4.69) is 10.4 Å². The molecule has 0 aliphatic carbocycles. The van der Waals surface area contributed by atoms with Crippen molar-refractivity contribution in [2.45, 2.75) is 32.5 Å². The molecule has 18 heavy (non-hydrogen) atoms. The summed E-state index contributed by atoms with van der Waals surface area (Å²) in [6, 6.07) is 2.03. The summed E-state index contributed by atoms with van der Waals surface area (Å²) in [6.07, 6.45) is 3.62. The second-order valence-electron chi connectivity index (χ2n) is 4.70. The van der Waals surface area contributed by atoms with Crippen LogP contribution in [-0.4, -0.2) is 52.6 Å². The smallest absolute Gasteiger partial charge is 0.318 e. The van der Waals surface area contributed by atoms with E-state index >= 15 is 0 Å². The van der Waals surface area contributed by atoms with Crippen LogP contribution >= 0.6 is 0 Å². The van der Waals surface area contributed by atoms with Gasteiger partial charge in [-0.05, 0) is 19.9 Å². The molecule has 6 nitrogen and oxygen atoms in total. The van der Waals surface area contributed by atoms with Gasteiger partial charge in [0.05, 0.1) is 25.8 Å². The van der Waals surface area contributed by atoms with Crippen molar-refractivity contribution in [1.29, 1.82) is 0 Å². The van der Waals surface area contributed by atoms with E-state index in [1.807, 2.05) is 35.7 Å². The van der Waals surface area contributed by atoms with Crippen LogP contribution in [0.25, 0.3) is 0 Å². The Kier molecular flexibility index (Phi) is 4.19. The number of ether oxygens (including phenoxy) is 1. The lowest BCUT2D eigenvalue weighted by Crippen LogP contribution is -2.53. The van der Waals surface area contributed by atoms with E-state index in [4.69, 9.17) is 4.74 Å². The SMILES string of the molecule is C[C@H](Cn1cccn1)NC(=O)N1CCOC[C@H]1C. The highest BCUT2D eigenvalue weighted by Crippen LogP contribution is 2.06. The molecule has 0 unspecified atom stereocenters. The Bertz CT molecular complexity index is 379. The van der Waals surface area contributed by atoms with Crippen molar-refractivity contribution in [2.24, 2.45) is 0 Å². The summed E-state index contributed by atoms with van der Waals surface area (Å²) in [7, 11) is 0. The normalized spacial score (nSPS) is 21.7. The minimum absolute atomic E-state index is 0.0227. The van der Waals surface area contributed by atoms with Gasteiger partial charge < -0.3 is 15.0 Å². The highest BCUT2D eigenvalue weighted by molar-refractivity contribution is 5.74. The summed E-state index contributed by atoms with van der Waals surface area (Å²) in [5.74, 6) is 0. The van der Waals surface area contributed by atoms with E-state index in [0.29, 0.717) is 26.3 Å². The van der Waals surface area contributed by atoms with Crippen molar-refractivity contribution < 1.29 is 9.53 Å². The van der Waals surface area contributed by atoms with Crippen molar-refractivity contribution in [1.82, 2.24) is 20.0 Å². The molecule has 2 heterocycles. The minimum Gasteiger partial charge on any atom is -0.377 e. The first-order valence-corrected chi connectivity index (χ1v) is 6.29. The third-order valence-electron chi connectivity index (χ3n) is 3.02. The Balaban J connectivity index is 1.82. The largest absolute Gasteiger partial charge is 0.377 e. The van der Waals surface area contributed by atoms with E-state index in [1.54, 1.807) is 6.20 Å². The molecule has 0 spiro atoms. The topological polar surface area (TPSA) is 59.4 Å². The minimum atomic E-state index is -0.0227. The van der Waals surface area contributed by atoms with E-state index in [-0.39, 0.29) is 18.1 Å². The molecule has 1 aromatic rings. The van der Waals surface area contributed by atoms with Crippen LogP contribution in [0.5, 0.6) is 0 Å². The maximum atomic E-state index is 12.1. The molecule has 1 aliphatic heterocycles. The van der Waals surface area contributed by atoms with Crippen LogP contribution in [-0.2, 0) is 11.3 Å². The fourth-order valence-corrected chi connectivity index (χ4v) is 2.06. The summed E-state index contributed by atoms with van der Waals surface area (Å²) in [5.41, 5.74) is 0. The first-order chi connectivity index (χ1) is 8.66. The number of carbonyl (C=O) groups is 1. The average Bonchev–Trinajstić information content (AvgIpc) is 2.82. The Hall–Kier alpha value is -1.56. The van der Waals surface area contributed by atoms with Crippen molar-refractivity contribution >= 4 is 6.03 Å². The molecule has 1 aromatic heterocycles. The molecule has 2 amide bonds. The molecule has 0 bridgehead atoms. The zero-order valence-corrected chi connectivity index (χ0v) is 10.9. The number of urea groups is 1. The number of aromatic nitrogens is 2. The van der Waals surface area contributed by atoms with Gasteiger partial charge in [0.1, 0.15) is 0 Å². The van der Waals surface area contributed by atoms with Gasteiger partial charge in [0.2, 0.25) is 0 Å². The molecule has 2 rings (SSSR count). The highest BCUT2D eigenvalue weighted by Gasteiger charge is 2.24. The van der Waals surface area contributed by atoms with Crippen LogP contribution in [0.15, 0.2) is 18.5 Å². The van der Waals surface area contributed by atoms with Gasteiger partial charge in [0.15, 0.2) is 0 Å². The average molecular weight is 252 g/mol. The lowest BCUT2D eigenvalue weighted by molar-refractivity contribution is 0.0184. The summed E-state index contributed by atoms with van der Waals surface area (Å²) in [6.45, 7) is 6.53. The molecular weight excluding hydrogens is 232 g/mol. The van der Waals surface area contributed by atoms with Gasteiger partial charge in [-0.15, -0.1) is 0 Å². The monoisotopic (exact) mass is 252 g/mol. The molecule has 2 atom stereocenters. The van der Waals surface area contributed by atoms with Crippen molar-refractivity contribution in [3.05, 3.63) is 18.5 Å². The van der Waals surface area contributed by atoms with E-state index in [9.17, 15) is 4.79 Å². The predicted molar refractivity (Wildman–Crippen MR) is 67.2 cm³/mol. The molecule has 1 N–H and O–H groups in total. The first-order valence-electron chi connectivity index (χ1n) is 6.29. The molecule has 100 valence electrons. The summed E-state index contributed by atoms with van der Waals surface area (Å²) < 4.78 is 7.13. The molecule has 0 aromatic carbocycles. The van der Waals surface area contributed by atoms with Gasteiger partial charge >= 0.3 is 6.03 Å². The lowest BCUT2D eigenvalue weighted by atomic mass is 10.2. The first kappa shape index (κ1) is 12.9. The lowest BCUT2D eigenvalue weighted by Gasteiger charge is -2.34. The van der Waals surface area contributed by atoms with Gasteiger partial charge in [0.25, 0.3) is 0 Å². The molecule has 1 aliphatic rings. The highest BCUT2D eigenvalue weighted by atomic mass is 16.5. The molecule has 1 fully saturated rings. The van der Waals surface area contributed by atoms with Crippen molar-refractivity contribution in [2.75, 3.05) is 19.8 Å². The fraction of sp³-hybridized carbons (Fsp3) is 0.667. The van der Waals surface area contributed by atoms with E-state index in [1.165, 1.54) is 0 Å². The third kappa shape index (κ3) is 3.22. The van der Waals surface area contributed by atoms with Gasteiger partial charge in [-0.2, -0.15) is 5.10 Å². The number of carbonyl (C=O) groups excluding carboxylic acids is 1. The number of amides is 2. The number of morpholine rings is 1. The van der Waals surface area contributed by atoms with Crippen LogP contribution < -0.4 is 5.32 Å². The summed E-state index contributed by atoms with van der Waals surface area (Å²) in [5, 5.41) is 7.11. The Labute approximate surface area is 107 Å². The number of rotatable bonds is 3. The van der Waals surface area contributed by atoms with Crippen molar-refractivity contribution in [3.63, 3.8) is 0 Å². The van der Waals surface area contributed by atoms with Crippen LogP contribution in [0, 0.1) is 0 Å².